The molecule has 0 aliphatic carbocycles. The van der Waals surface area contributed by atoms with E-state index in [1.807, 2.05) is 25.5 Å². The van der Waals surface area contributed by atoms with Crippen LogP contribution in [0.2, 0.25) is 0 Å². The van der Waals surface area contributed by atoms with Crippen LogP contribution in [-0.4, -0.2) is 19.7 Å². The Balaban J connectivity index is 0.000000461. The molecule has 2 aromatic heterocycles. The van der Waals surface area contributed by atoms with Crippen molar-refractivity contribution >= 4 is 0 Å². The lowest BCUT2D eigenvalue weighted by Gasteiger charge is -1.92. The molecule has 0 spiro atoms. The van der Waals surface area contributed by atoms with E-state index in [4.69, 9.17) is 4.42 Å². The zero-order chi connectivity index (χ0) is 10.6. The van der Waals surface area contributed by atoms with Crippen molar-refractivity contribution < 1.29 is 4.42 Å². The lowest BCUT2D eigenvalue weighted by atomic mass is 10.5. The second kappa shape index (κ2) is 4.55. The minimum Gasteiger partial charge on any atom is -0.420 e. The summed E-state index contributed by atoms with van der Waals surface area (Å²) in [6, 6.07) is 0. The molecule has 0 aromatic carbocycles. The number of hydrogen-bond donors (Lipinski definition) is 0. The fourth-order valence-corrected chi connectivity index (χ4v) is 0.963. The second-order valence-corrected chi connectivity index (χ2v) is 2.52. The van der Waals surface area contributed by atoms with Crippen molar-refractivity contribution in [3.8, 4) is 11.6 Å². The van der Waals surface area contributed by atoms with Gasteiger partial charge in [-0.05, 0) is 0 Å². The third-order valence-corrected chi connectivity index (χ3v) is 1.56. The van der Waals surface area contributed by atoms with E-state index in [0.29, 0.717) is 11.8 Å². The maximum absolute atomic E-state index is 5.23. The number of nitrogens with zero attached hydrogens (tertiary/aromatic N) is 4. The number of imidazole rings is 1. The van der Waals surface area contributed by atoms with Gasteiger partial charge in [-0.25, -0.2) is 4.98 Å². The summed E-state index contributed by atoms with van der Waals surface area (Å²) in [5.41, 5.74) is 0.829. The van der Waals surface area contributed by atoms with Crippen molar-refractivity contribution in [2.24, 2.45) is 7.05 Å². The van der Waals surface area contributed by atoms with Crippen LogP contribution in [0.3, 0.4) is 0 Å². The normalized spacial score (nSPS) is 9.43. The van der Waals surface area contributed by atoms with Crippen molar-refractivity contribution in [3.63, 3.8) is 0 Å². The van der Waals surface area contributed by atoms with Gasteiger partial charge < -0.3 is 8.98 Å². The molecule has 0 fully saturated rings. The van der Waals surface area contributed by atoms with Gasteiger partial charge >= 0.3 is 0 Å². The van der Waals surface area contributed by atoms with Gasteiger partial charge in [0.15, 0.2) is 0 Å². The monoisotopic (exact) mass is 194 g/mol. The zero-order valence-electron chi connectivity index (χ0n) is 8.85. The standard InChI is InChI=1S/C7H8N4O.C2H6/c1-5-9-10-7(12-5)6-3-8-4-11(6)2;1-2/h3-4H,1-2H3;1-2H3. The summed E-state index contributed by atoms with van der Waals surface area (Å²) in [4.78, 5) is 3.94. The molecule has 76 valence electrons. The highest BCUT2D eigenvalue weighted by Gasteiger charge is 2.08. The van der Waals surface area contributed by atoms with Crippen LogP contribution in [0, 0.1) is 6.92 Å². The van der Waals surface area contributed by atoms with E-state index in [1.54, 1.807) is 19.4 Å². The largest absolute Gasteiger partial charge is 0.420 e. The van der Waals surface area contributed by atoms with Crippen molar-refractivity contribution in [1.29, 1.82) is 0 Å². The molecule has 5 heteroatoms. The van der Waals surface area contributed by atoms with E-state index in [2.05, 4.69) is 15.2 Å². The average Bonchev–Trinajstić information content (AvgIpc) is 2.78. The summed E-state index contributed by atoms with van der Waals surface area (Å²) in [5, 5.41) is 7.60. The summed E-state index contributed by atoms with van der Waals surface area (Å²) < 4.78 is 7.05. The highest BCUT2D eigenvalue weighted by molar-refractivity contribution is 5.44. The van der Waals surface area contributed by atoms with Crippen LogP contribution in [0.5, 0.6) is 0 Å². The van der Waals surface area contributed by atoms with Crippen LogP contribution < -0.4 is 0 Å². The zero-order valence-corrected chi connectivity index (χ0v) is 8.85. The number of aryl methyl sites for hydroxylation is 2. The van der Waals surface area contributed by atoms with Crippen molar-refractivity contribution in [1.82, 2.24) is 19.7 Å². The van der Waals surface area contributed by atoms with Crippen molar-refractivity contribution in [2.75, 3.05) is 0 Å². The summed E-state index contributed by atoms with van der Waals surface area (Å²) in [5.74, 6) is 1.07. The molecule has 0 unspecified atom stereocenters. The van der Waals surface area contributed by atoms with Crippen LogP contribution in [0.15, 0.2) is 16.9 Å². The molecule has 2 aromatic rings. The first kappa shape index (κ1) is 10.4. The minimum absolute atomic E-state index is 0.507. The third kappa shape index (κ3) is 1.99. The molecule has 0 aliphatic heterocycles. The Kier molecular flexibility index (Phi) is 3.39. The van der Waals surface area contributed by atoms with Gasteiger partial charge in [0.25, 0.3) is 5.89 Å². The van der Waals surface area contributed by atoms with E-state index in [1.165, 1.54) is 0 Å². The Bertz CT molecular complexity index is 391. The fraction of sp³-hybridized carbons (Fsp3) is 0.444. The maximum Gasteiger partial charge on any atom is 0.265 e. The maximum atomic E-state index is 5.23. The molecule has 2 heterocycles. The van der Waals surface area contributed by atoms with Crippen molar-refractivity contribution in [3.05, 3.63) is 18.4 Å². The van der Waals surface area contributed by atoms with Gasteiger partial charge in [0.1, 0.15) is 5.69 Å². The van der Waals surface area contributed by atoms with Crippen LogP contribution in [0.25, 0.3) is 11.6 Å². The number of aromatic nitrogens is 4. The van der Waals surface area contributed by atoms with Gasteiger partial charge in [0.2, 0.25) is 5.89 Å². The Morgan fingerprint density at radius 2 is 2.00 bits per heavy atom. The van der Waals surface area contributed by atoms with Gasteiger partial charge in [-0.2, -0.15) is 0 Å². The van der Waals surface area contributed by atoms with E-state index < -0.39 is 0 Å². The van der Waals surface area contributed by atoms with Crippen LogP contribution in [0.1, 0.15) is 19.7 Å². The minimum atomic E-state index is 0.507. The molecule has 0 saturated heterocycles. The first-order valence-corrected chi connectivity index (χ1v) is 4.54. The molecule has 0 amide bonds. The SMILES string of the molecule is CC.Cc1nnc(-c2cncn2C)o1. The average molecular weight is 194 g/mol. The molecular formula is C9H14N4O. The van der Waals surface area contributed by atoms with Crippen LogP contribution in [-0.2, 0) is 7.05 Å². The molecule has 0 N–H and O–H groups in total. The predicted molar refractivity (Wildman–Crippen MR) is 52.6 cm³/mol. The molecule has 0 saturated carbocycles. The summed E-state index contributed by atoms with van der Waals surface area (Å²) >= 11 is 0. The molecule has 0 aliphatic rings. The Hall–Kier alpha value is -1.65. The molecular weight excluding hydrogens is 180 g/mol. The lowest BCUT2D eigenvalue weighted by molar-refractivity contribution is 0.528. The number of rotatable bonds is 1. The summed E-state index contributed by atoms with van der Waals surface area (Å²) in [6.45, 7) is 5.76. The Morgan fingerprint density at radius 1 is 1.29 bits per heavy atom. The smallest absolute Gasteiger partial charge is 0.265 e. The summed E-state index contributed by atoms with van der Waals surface area (Å²) in [7, 11) is 1.88. The van der Waals surface area contributed by atoms with Gasteiger partial charge in [-0.1, -0.05) is 13.8 Å². The molecule has 14 heavy (non-hydrogen) atoms. The Morgan fingerprint density at radius 3 is 2.43 bits per heavy atom. The van der Waals surface area contributed by atoms with Crippen molar-refractivity contribution in [2.45, 2.75) is 20.8 Å². The van der Waals surface area contributed by atoms with Crippen LogP contribution >= 0.6 is 0 Å². The lowest BCUT2D eigenvalue weighted by Crippen LogP contribution is -1.88. The molecule has 5 nitrogen and oxygen atoms in total. The molecule has 0 bridgehead atoms. The van der Waals surface area contributed by atoms with Gasteiger partial charge in [-0.15, -0.1) is 10.2 Å². The second-order valence-electron chi connectivity index (χ2n) is 2.52. The van der Waals surface area contributed by atoms with E-state index in [0.717, 1.165) is 5.69 Å². The fourth-order valence-electron chi connectivity index (χ4n) is 0.963. The predicted octanol–water partition coefficient (Wildman–Crippen LogP) is 1.80. The molecule has 2 rings (SSSR count). The van der Waals surface area contributed by atoms with E-state index in [9.17, 15) is 0 Å². The van der Waals surface area contributed by atoms with Gasteiger partial charge in [0, 0.05) is 14.0 Å². The third-order valence-electron chi connectivity index (χ3n) is 1.56. The topological polar surface area (TPSA) is 56.7 Å². The summed E-state index contributed by atoms with van der Waals surface area (Å²) in [6.07, 6.45) is 3.38. The van der Waals surface area contributed by atoms with Crippen LogP contribution in [0.4, 0.5) is 0 Å². The highest BCUT2D eigenvalue weighted by atomic mass is 16.4. The first-order valence-electron chi connectivity index (χ1n) is 4.54. The number of hydrogen-bond acceptors (Lipinski definition) is 4. The Labute approximate surface area is 82.8 Å². The highest BCUT2D eigenvalue weighted by Crippen LogP contribution is 2.15. The van der Waals surface area contributed by atoms with Gasteiger partial charge in [-0.3, -0.25) is 0 Å². The van der Waals surface area contributed by atoms with E-state index in [-0.39, 0.29) is 0 Å². The van der Waals surface area contributed by atoms with E-state index >= 15 is 0 Å². The van der Waals surface area contributed by atoms with Gasteiger partial charge in [0.05, 0.1) is 12.5 Å². The quantitative estimate of drug-likeness (QED) is 0.694. The molecule has 0 atom stereocenters. The molecule has 0 radical (unpaired) electrons. The first-order chi connectivity index (χ1) is 6.77.